The number of hydrogen-bond acceptors (Lipinski definition) is 4. The van der Waals surface area contributed by atoms with Crippen molar-refractivity contribution in [3.05, 3.63) is 41.9 Å². The van der Waals surface area contributed by atoms with Gasteiger partial charge in [-0.15, -0.1) is 11.3 Å². The van der Waals surface area contributed by atoms with E-state index < -0.39 is 0 Å². The summed E-state index contributed by atoms with van der Waals surface area (Å²) < 4.78 is 0. The third-order valence-electron chi connectivity index (χ3n) is 3.26. The predicted octanol–water partition coefficient (Wildman–Crippen LogP) is 3.38. The van der Waals surface area contributed by atoms with Gasteiger partial charge in [0.15, 0.2) is 0 Å². The van der Waals surface area contributed by atoms with Crippen LogP contribution in [0.3, 0.4) is 0 Å². The van der Waals surface area contributed by atoms with E-state index >= 15 is 0 Å². The molecule has 0 aliphatic rings. The minimum atomic E-state index is 0.882. The van der Waals surface area contributed by atoms with E-state index in [-0.39, 0.29) is 0 Å². The van der Waals surface area contributed by atoms with E-state index in [1.807, 2.05) is 25.3 Å². The van der Waals surface area contributed by atoms with Crippen LogP contribution in [0.4, 0.5) is 0 Å². The van der Waals surface area contributed by atoms with Gasteiger partial charge in [-0.2, -0.15) is 0 Å². The summed E-state index contributed by atoms with van der Waals surface area (Å²) in [7, 11) is 0. The van der Waals surface area contributed by atoms with Crippen LogP contribution in [-0.4, -0.2) is 24.9 Å². The fourth-order valence-electron chi connectivity index (χ4n) is 2.25. The zero-order valence-electron chi connectivity index (χ0n) is 10.7. The highest BCUT2D eigenvalue weighted by Gasteiger charge is 2.13. The highest BCUT2D eigenvalue weighted by molar-refractivity contribution is 7.13. The molecule has 2 N–H and O–H groups in total. The first-order valence-electron chi connectivity index (χ1n) is 6.21. The van der Waals surface area contributed by atoms with Crippen molar-refractivity contribution in [2.24, 2.45) is 0 Å². The van der Waals surface area contributed by atoms with Crippen molar-refractivity contribution < 1.29 is 0 Å². The zero-order chi connectivity index (χ0) is 13.5. The number of imidazole rings is 1. The van der Waals surface area contributed by atoms with Crippen molar-refractivity contribution in [2.45, 2.75) is 6.92 Å². The fraction of sp³-hybridized carbons (Fsp3) is 0.0714. The van der Waals surface area contributed by atoms with Crippen LogP contribution in [0.15, 0.2) is 36.2 Å². The van der Waals surface area contributed by atoms with Crippen molar-refractivity contribution in [3.63, 3.8) is 0 Å². The first-order chi connectivity index (χ1) is 9.83. The number of thiazole rings is 1. The maximum Gasteiger partial charge on any atom is 0.144 e. The Hall–Kier alpha value is -2.47. The minimum Gasteiger partial charge on any atom is -0.348 e. The molecule has 4 rings (SSSR count). The number of fused-ring (bicyclic) bond motifs is 1. The summed E-state index contributed by atoms with van der Waals surface area (Å²) in [6.07, 6.45) is 5.43. The Balaban J connectivity index is 1.84. The molecule has 4 heterocycles. The lowest BCUT2D eigenvalue weighted by Crippen LogP contribution is -1.81. The molecule has 4 aromatic heterocycles. The van der Waals surface area contributed by atoms with Crippen molar-refractivity contribution in [3.8, 4) is 22.0 Å². The van der Waals surface area contributed by atoms with Crippen LogP contribution in [-0.2, 0) is 0 Å². The maximum absolute atomic E-state index is 4.69. The van der Waals surface area contributed by atoms with E-state index in [9.17, 15) is 0 Å². The second kappa shape index (κ2) is 4.28. The van der Waals surface area contributed by atoms with Gasteiger partial charge in [0.25, 0.3) is 0 Å². The van der Waals surface area contributed by atoms with Crippen LogP contribution in [0.5, 0.6) is 0 Å². The lowest BCUT2D eigenvalue weighted by Gasteiger charge is -1.94. The quantitative estimate of drug-likeness (QED) is 0.591. The second-order valence-corrected chi connectivity index (χ2v) is 5.37. The molecule has 0 bridgehead atoms. The molecule has 0 radical (unpaired) electrons. The van der Waals surface area contributed by atoms with Gasteiger partial charge in [-0.05, 0) is 19.1 Å². The number of nitrogens with one attached hydrogen (secondary N) is 2. The summed E-state index contributed by atoms with van der Waals surface area (Å²) >= 11 is 1.60. The van der Waals surface area contributed by atoms with Crippen molar-refractivity contribution in [1.29, 1.82) is 0 Å². The SMILES string of the molecule is Cc1[nH]cnc1-c1nc(-c2c[nH]c3ncccc23)cs1. The first kappa shape index (κ1) is 11.4. The van der Waals surface area contributed by atoms with E-state index in [0.717, 1.165) is 38.7 Å². The summed E-state index contributed by atoms with van der Waals surface area (Å²) in [6, 6.07) is 3.98. The van der Waals surface area contributed by atoms with E-state index in [1.165, 1.54) is 0 Å². The van der Waals surface area contributed by atoms with Gasteiger partial charge in [0.05, 0.1) is 12.0 Å². The summed E-state index contributed by atoms with van der Waals surface area (Å²) in [6.45, 7) is 2.00. The summed E-state index contributed by atoms with van der Waals surface area (Å²) in [5.41, 5.74) is 4.86. The van der Waals surface area contributed by atoms with Gasteiger partial charge in [-0.3, -0.25) is 0 Å². The number of pyridine rings is 1. The Kier molecular flexibility index (Phi) is 2.43. The number of aromatic amines is 2. The molecule has 0 atom stereocenters. The van der Waals surface area contributed by atoms with Gasteiger partial charge in [-0.1, -0.05) is 0 Å². The first-order valence-corrected chi connectivity index (χ1v) is 7.09. The maximum atomic E-state index is 4.69. The molecule has 4 aromatic rings. The van der Waals surface area contributed by atoms with Crippen LogP contribution in [0.25, 0.3) is 33.0 Å². The number of hydrogen-bond donors (Lipinski definition) is 2. The summed E-state index contributed by atoms with van der Waals surface area (Å²) in [4.78, 5) is 19.6. The lowest BCUT2D eigenvalue weighted by molar-refractivity contribution is 1.25. The van der Waals surface area contributed by atoms with Crippen LogP contribution < -0.4 is 0 Å². The largest absolute Gasteiger partial charge is 0.348 e. The Morgan fingerprint density at radius 1 is 1.20 bits per heavy atom. The standard InChI is InChI=1S/C14H11N5S/c1-8-12(18-7-17-8)14-19-11(6-20-14)10-5-16-13-9(10)3-2-4-15-13/h2-7H,1H3,(H,15,16)(H,17,18). The third kappa shape index (κ3) is 1.65. The van der Waals surface area contributed by atoms with E-state index in [1.54, 1.807) is 23.9 Å². The predicted molar refractivity (Wildman–Crippen MR) is 79.5 cm³/mol. The normalized spacial score (nSPS) is 11.2. The van der Waals surface area contributed by atoms with Crippen LogP contribution in [0.1, 0.15) is 5.69 Å². The van der Waals surface area contributed by atoms with Crippen molar-refractivity contribution >= 4 is 22.4 Å². The van der Waals surface area contributed by atoms with Gasteiger partial charge in [0.2, 0.25) is 0 Å². The highest BCUT2D eigenvalue weighted by Crippen LogP contribution is 2.32. The fourth-order valence-corrected chi connectivity index (χ4v) is 3.12. The third-order valence-corrected chi connectivity index (χ3v) is 4.11. The molecule has 0 saturated carbocycles. The van der Waals surface area contributed by atoms with Crippen molar-refractivity contribution in [2.75, 3.05) is 0 Å². The molecule has 98 valence electrons. The van der Waals surface area contributed by atoms with Crippen LogP contribution in [0.2, 0.25) is 0 Å². The Bertz CT molecular complexity index is 886. The van der Waals surface area contributed by atoms with Crippen LogP contribution in [0, 0.1) is 6.92 Å². The molecule has 0 spiro atoms. The molecule has 0 unspecified atom stereocenters. The molecule has 0 saturated heterocycles. The minimum absolute atomic E-state index is 0.882. The molecule has 0 aliphatic heterocycles. The lowest BCUT2D eigenvalue weighted by atomic mass is 10.2. The van der Waals surface area contributed by atoms with Gasteiger partial charge < -0.3 is 9.97 Å². The molecule has 0 fully saturated rings. The average Bonchev–Trinajstić information content (AvgIpc) is 3.15. The van der Waals surface area contributed by atoms with Gasteiger partial charge >= 0.3 is 0 Å². The van der Waals surface area contributed by atoms with Crippen LogP contribution >= 0.6 is 11.3 Å². The van der Waals surface area contributed by atoms with E-state index in [2.05, 4.69) is 25.3 Å². The number of H-pyrrole nitrogens is 2. The Labute approximate surface area is 118 Å². The molecule has 20 heavy (non-hydrogen) atoms. The molecular weight excluding hydrogens is 270 g/mol. The topological polar surface area (TPSA) is 70.2 Å². The smallest absolute Gasteiger partial charge is 0.144 e. The monoisotopic (exact) mass is 281 g/mol. The average molecular weight is 281 g/mol. The highest BCUT2D eigenvalue weighted by atomic mass is 32.1. The van der Waals surface area contributed by atoms with E-state index in [0.29, 0.717) is 0 Å². The molecular formula is C14H11N5S. The Morgan fingerprint density at radius 2 is 2.15 bits per heavy atom. The molecule has 0 aliphatic carbocycles. The summed E-state index contributed by atoms with van der Waals surface area (Å²) in [5.74, 6) is 0. The van der Waals surface area contributed by atoms with Gasteiger partial charge in [0.1, 0.15) is 16.3 Å². The zero-order valence-corrected chi connectivity index (χ0v) is 11.5. The Morgan fingerprint density at radius 3 is 3.00 bits per heavy atom. The number of nitrogens with zero attached hydrogens (tertiary/aromatic N) is 3. The number of aromatic nitrogens is 5. The summed E-state index contributed by atoms with van der Waals surface area (Å²) in [5, 5.41) is 4.07. The van der Waals surface area contributed by atoms with E-state index in [4.69, 9.17) is 4.98 Å². The second-order valence-electron chi connectivity index (χ2n) is 4.52. The van der Waals surface area contributed by atoms with Gasteiger partial charge in [0, 0.05) is 34.4 Å². The van der Waals surface area contributed by atoms with Gasteiger partial charge in [-0.25, -0.2) is 15.0 Å². The molecule has 5 nitrogen and oxygen atoms in total. The molecule has 0 amide bonds. The molecule has 0 aromatic carbocycles. The molecule has 6 heteroatoms. The number of rotatable bonds is 2. The number of aryl methyl sites for hydroxylation is 1. The van der Waals surface area contributed by atoms with Crippen molar-refractivity contribution in [1.82, 2.24) is 24.9 Å².